The van der Waals surface area contributed by atoms with E-state index >= 15 is 0 Å². The standard InChI is InChI=1S/C17H18O2/c1-12-5-4-6-15(11-12)17(2,3)14-9-7-13(8-10-14)16(18)19/h4-11H,1-3H3,(H,18,19). The predicted molar refractivity (Wildman–Crippen MR) is 76.7 cm³/mol. The van der Waals surface area contributed by atoms with E-state index in [4.69, 9.17) is 5.11 Å². The first-order valence-corrected chi connectivity index (χ1v) is 6.32. The quantitative estimate of drug-likeness (QED) is 0.898. The number of rotatable bonds is 3. The molecule has 0 fully saturated rings. The molecule has 0 bridgehead atoms. The molecule has 0 saturated carbocycles. The molecule has 0 saturated heterocycles. The second-order valence-corrected chi connectivity index (χ2v) is 5.38. The lowest BCUT2D eigenvalue weighted by molar-refractivity contribution is 0.0697. The van der Waals surface area contributed by atoms with Crippen LogP contribution in [0.5, 0.6) is 0 Å². The fourth-order valence-electron chi connectivity index (χ4n) is 2.23. The molecule has 0 unspecified atom stereocenters. The van der Waals surface area contributed by atoms with Crippen molar-refractivity contribution < 1.29 is 9.90 Å². The first-order chi connectivity index (χ1) is 8.91. The normalized spacial score (nSPS) is 11.3. The molecule has 1 N–H and O–H groups in total. The van der Waals surface area contributed by atoms with Gasteiger partial charge in [-0.25, -0.2) is 4.79 Å². The number of carboxylic acid groups (broad SMARTS) is 1. The highest BCUT2D eigenvalue weighted by Crippen LogP contribution is 2.31. The van der Waals surface area contributed by atoms with Gasteiger partial charge in [0.2, 0.25) is 0 Å². The molecule has 2 rings (SSSR count). The smallest absolute Gasteiger partial charge is 0.335 e. The van der Waals surface area contributed by atoms with Gasteiger partial charge >= 0.3 is 5.97 Å². The van der Waals surface area contributed by atoms with E-state index in [0.717, 1.165) is 5.56 Å². The molecular formula is C17H18O2. The molecule has 0 atom stereocenters. The first-order valence-electron chi connectivity index (χ1n) is 6.32. The Morgan fingerprint density at radius 2 is 1.63 bits per heavy atom. The SMILES string of the molecule is Cc1cccc(C(C)(C)c2ccc(C(=O)O)cc2)c1. The van der Waals surface area contributed by atoms with Gasteiger partial charge < -0.3 is 5.11 Å². The maximum absolute atomic E-state index is 10.9. The minimum atomic E-state index is -0.889. The van der Waals surface area contributed by atoms with E-state index in [1.807, 2.05) is 12.1 Å². The molecule has 0 spiro atoms. The maximum Gasteiger partial charge on any atom is 0.335 e. The number of carboxylic acids is 1. The van der Waals surface area contributed by atoms with Crippen LogP contribution in [0.3, 0.4) is 0 Å². The van der Waals surface area contributed by atoms with Gasteiger partial charge in [0.1, 0.15) is 0 Å². The van der Waals surface area contributed by atoms with Gasteiger partial charge in [-0.1, -0.05) is 55.8 Å². The van der Waals surface area contributed by atoms with Crippen LogP contribution in [-0.2, 0) is 5.41 Å². The van der Waals surface area contributed by atoms with Gasteiger partial charge in [-0.2, -0.15) is 0 Å². The Bertz CT molecular complexity index is 595. The fourth-order valence-corrected chi connectivity index (χ4v) is 2.23. The number of hydrogen-bond acceptors (Lipinski definition) is 1. The summed E-state index contributed by atoms with van der Waals surface area (Å²) < 4.78 is 0. The first kappa shape index (κ1) is 13.3. The van der Waals surface area contributed by atoms with Crippen LogP contribution in [-0.4, -0.2) is 11.1 Å². The van der Waals surface area contributed by atoms with Crippen molar-refractivity contribution in [2.45, 2.75) is 26.2 Å². The molecule has 98 valence electrons. The summed E-state index contributed by atoms with van der Waals surface area (Å²) in [5.41, 5.74) is 3.76. The third kappa shape index (κ3) is 2.68. The van der Waals surface area contributed by atoms with E-state index in [1.54, 1.807) is 12.1 Å². The second kappa shape index (κ2) is 4.88. The van der Waals surface area contributed by atoms with Crippen LogP contribution >= 0.6 is 0 Å². The van der Waals surface area contributed by atoms with Crippen LogP contribution in [0.1, 0.15) is 40.9 Å². The van der Waals surface area contributed by atoms with Crippen LogP contribution in [0.25, 0.3) is 0 Å². The summed E-state index contributed by atoms with van der Waals surface area (Å²) in [6, 6.07) is 15.5. The number of benzene rings is 2. The van der Waals surface area contributed by atoms with E-state index in [2.05, 4.69) is 45.0 Å². The molecule has 0 radical (unpaired) electrons. The van der Waals surface area contributed by atoms with Gasteiger partial charge in [0.15, 0.2) is 0 Å². The minimum Gasteiger partial charge on any atom is -0.478 e. The zero-order valence-electron chi connectivity index (χ0n) is 11.5. The summed E-state index contributed by atoms with van der Waals surface area (Å²) in [6.45, 7) is 6.38. The van der Waals surface area contributed by atoms with Crippen molar-refractivity contribution in [3.05, 3.63) is 70.8 Å². The van der Waals surface area contributed by atoms with Crippen LogP contribution in [0.2, 0.25) is 0 Å². The van der Waals surface area contributed by atoms with Gasteiger partial charge in [0, 0.05) is 5.41 Å². The topological polar surface area (TPSA) is 37.3 Å². The third-order valence-electron chi connectivity index (χ3n) is 3.59. The molecule has 2 heteroatoms. The Morgan fingerprint density at radius 1 is 1.00 bits per heavy atom. The third-order valence-corrected chi connectivity index (χ3v) is 3.59. The predicted octanol–water partition coefficient (Wildman–Crippen LogP) is 4.02. The Hall–Kier alpha value is -2.09. The van der Waals surface area contributed by atoms with Gasteiger partial charge in [0.05, 0.1) is 5.56 Å². The monoisotopic (exact) mass is 254 g/mol. The van der Waals surface area contributed by atoms with E-state index in [0.29, 0.717) is 5.56 Å². The molecular weight excluding hydrogens is 236 g/mol. The van der Waals surface area contributed by atoms with Gasteiger partial charge in [-0.05, 0) is 30.2 Å². The molecule has 2 aromatic carbocycles. The lowest BCUT2D eigenvalue weighted by Crippen LogP contribution is -2.19. The average Bonchev–Trinajstić information content (AvgIpc) is 2.39. The summed E-state index contributed by atoms with van der Waals surface area (Å²) in [7, 11) is 0. The number of aryl methyl sites for hydroxylation is 1. The molecule has 19 heavy (non-hydrogen) atoms. The van der Waals surface area contributed by atoms with Crippen LogP contribution < -0.4 is 0 Å². The molecule has 0 aliphatic rings. The van der Waals surface area contributed by atoms with Crippen molar-refractivity contribution in [1.82, 2.24) is 0 Å². The van der Waals surface area contributed by atoms with E-state index < -0.39 is 5.97 Å². The molecule has 2 aromatic rings. The Labute approximate surface area is 113 Å². The van der Waals surface area contributed by atoms with Gasteiger partial charge in [-0.3, -0.25) is 0 Å². The van der Waals surface area contributed by atoms with Crippen LogP contribution in [0, 0.1) is 6.92 Å². The second-order valence-electron chi connectivity index (χ2n) is 5.38. The average molecular weight is 254 g/mol. The van der Waals surface area contributed by atoms with Crippen LogP contribution in [0.4, 0.5) is 0 Å². The fraction of sp³-hybridized carbons (Fsp3) is 0.235. The molecule has 0 aliphatic heterocycles. The van der Waals surface area contributed by atoms with Crippen molar-refractivity contribution in [1.29, 1.82) is 0 Å². The Morgan fingerprint density at radius 3 is 2.16 bits per heavy atom. The maximum atomic E-state index is 10.9. The van der Waals surface area contributed by atoms with Crippen molar-refractivity contribution in [3.8, 4) is 0 Å². The van der Waals surface area contributed by atoms with Crippen molar-refractivity contribution in [2.75, 3.05) is 0 Å². The molecule has 2 nitrogen and oxygen atoms in total. The van der Waals surface area contributed by atoms with Gasteiger partial charge in [-0.15, -0.1) is 0 Å². The zero-order valence-corrected chi connectivity index (χ0v) is 11.5. The lowest BCUT2D eigenvalue weighted by atomic mass is 9.77. The minimum absolute atomic E-state index is 0.136. The molecule has 0 aromatic heterocycles. The molecule has 0 amide bonds. The summed E-state index contributed by atoms with van der Waals surface area (Å²) >= 11 is 0. The number of aromatic carboxylic acids is 1. The lowest BCUT2D eigenvalue weighted by Gasteiger charge is -2.26. The van der Waals surface area contributed by atoms with Crippen molar-refractivity contribution in [3.63, 3.8) is 0 Å². The molecule has 0 heterocycles. The Balaban J connectivity index is 2.41. The van der Waals surface area contributed by atoms with Crippen molar-refractivity contribution in [2.24, 2.45) is 0 Å². The summed E-state index contributed by atoms with van der Waals surface area (Å²) in [6.07, 6.45) is 0. The van der Waals surface area contributed by atoms with E-state index in [1.165, 1.54) is 11.1 Å². The zero-order chi connectivity index (χ0) is 14.0. The largest absolute Gasteiger partial charge is 0.478 e. The van der Waals surface area contributed by atoms with Crippen molar-refractivity contribution >= 4 is 5.97 Å². The van der Waals surface area contributed by atoms with Gasteiger partial charge in [0.25, 0.3) is 0 Å². The van der Waals surface area contributed by atoms with E-state index in [9.17, 15) is 4.79 Å². The summed E-state index contributed by atoms with van der Waals surface area (Å²) in [4.78, 5) is 10.9. The van der Waals surface area contributed by atoms with Crippen LogP contribution in [0.15, 0.2) is 48.5 Å². The highest BCUT2D eigenvalue weighted by atomic mass is 16.4. The summed E-state index contributed by atoms with van der Waals surface area (Å²) in [5.74, 6) is -0.889. The van der Waals surface area contributed by atoms with E-state index in [-0.39, 0.29) is 5.41 Å². The Kier molecular flexibility index (Phi) is 3.43. The highest BCUT2D eigenvalue weighted by Gasteiger charge is 2.23. The highest BCUT2D eigenvalue weighted by molar-refractivity contribution is 5.87. The summed E-state index contributed by atoms with van der Waals surface area (Å²) in [5, 5.41) is 8.93. The number of carbonyl (C=O) groups is 1. The number of hydrogen-bond donors (Lipinski definition) is 1. The molecule has 0 aliphatic carbocycles.